The molecule has 62 valence electrons. The maximum atomic E-state index is 10.2. The summed E-state index contributed by atoms with van der Waals surface area (Å²) in [7, 11) is 0. The van der Waals surface area contributed by atoms with Crippen LogP contribution in [0.25, 0.3) is 0 Å². The lowest BCUT2D eigenvalue weighted by molar-refractivity contribution is -0.115. The van der Waals surface area contributed by atoms with Crippen molar-refractivity contribution in [2.75, 3.05) is 0 Å². The first-order chi connectivity index (χ1) is 5.35. The van der Waals surface area contributed by atoms with Crippen molar-refractivity contribution < 1.29 is 9.59 Å². The summed E-state index contributed by atoms with van der Waals surface area (Å²) in [5.41, 5.74) is 0. The maximum Gasteiger partial charge on any atom is 0.207 e. The smallest absolute Gasteiger partial charge is 0.207 e. The van der Waals surface area contributed by atoms with Crippen molar-refractivity contribution in [2.24, 2.45) is 0 Å². The van der Waals surface area contributed by atoms with E-state index in [1.807, 2.05) is 19.1 Å². The highest BCUT2D eigenvalue weighted by Gasteiger charge is 2.00. The van der Waals surface area contributed by atoms with Crippen LogP contribution in [0.4, 0.5) is 0 Å². The highest BCUT2D eigenvalue weighted by atomic mass is 16.1. The van der Waals surface area contributed by atoms with E-state index in [2.05, 4.69) is 5.32 Å². The minimum atomic E-state index is -0.365. The standard InChI is InChI=1S/C8H13NO2/c1-2-3-4-5-8(6-10)9-7-11/h3-4,6-8H,2,5H2,1H3,(H,9,11)/b4-3+/t8-/m0/s1. The molecule has 1 atom stereocenters. The van der Waals surface area contributed by atoms with Crippen LogP contribution in [0, 0.1) is 0 Å². The van der Waals surface area contributed by atoms with Crippen molar-refractivity contribution in [1.29, 1.82) is 0 Å². The third-order valence-corrected chi connectivity index (χ3v) is 1.24. The fraction of sp³-hybridized carbons (Fsp3) is 0.500. The predicted octanol–water partition coefficient (Wildman–Crippen LogP) is 0.656. The summed E-state index contributed by atoms with van der Waals surface area (Å²) in [6.45, 7) is 2.01. The molecule has 0 rings (SSSR count). The Labute approximate surface area is 66.5 Å². The van der Waals surface area contributed by atoms with E-state index in [0.717, 1.165) is 12.7 Å². The van der Waals surface area contributed by atoms with Gasteiger partial charge >= 0.3 is 0 Å². The van der Waals surface area contributed by atoms with Crippen LogP contribution in [0.2, 0.25) is 0 Å². The summed E-state index contributed by atoms with van der Waals surface area (Å²) in [5, 5.41) is 2.39. The lowest BCUT2D eigenvalue weighted by atomic mass is 10.2. The summed E-state index contributed by atoms with van der Waals surface area (Å²) >= 11 is 0. The van der Waals surface area contributed by atoms with Gasteiger partial charge in [0.2, 0.25) is 6.41 Å². The van der Waals surface area contributed by atoms with Gasteiger partial charge in [0.15, 0.2) is 0 Å². The molecule has 0 saturated heterocycles. The Kier molecular flexibility index (Phi) is 6.28. The summed E-state index contributed by atoms with van der Waals surface area (Å²) in [4.78, 5) is 20.1. The molecule has 0 aliphatic carbocycles. The van der Waals surface area contributed by atoms with Gasteiger partial charge in [-0.2, -0.15) is 0 Å². The summed E-state index contributed by atoms with van der Waals surface area (Å²) in [5.74, 6) is 0. The Bertz CT molecular complexity index is 143. The molecule has 0 spiro atoms. The van der Waals surface area contributed by atoms with Crippen LogP contribution in [0.1, 0.15) is 19.8 Å². The minimum absolute atomic E-state index is 0.365. The maximum absolute atomic E-state index is 10.2. The zero-order valence-electron chi connectivity index (χ0n) is 6.62. The van der Waals surface area contributed by atoms with Crippen molar-refractivity contribution in [3.63, 3.8) is 0 Å². The molecule has 1 N–H and O–H groups in total. The predicted molar refractivity (Wildman–Crippen MR) is 43.1 cm³/mol. The number of carbonyl (C=O) groups excluding carboxylic acids is 2. The topological polar surface area (TPSA) is 46.2 Å². The van der Waals surface area contributed by atoms with Crippen molar-refractivity contribution >= 4 is 12.7 Å². The van der Waals surface area contributed by atoms with Crippen LogP contribution in [-0.4, -0.2) is 18.7 Å². The molecule has 3 heteroatoms. The number of rotatable bonds is 6. The second-order valence-corrected chi connectivity index (χ2v) is 2.14. The third-order valence-electron chi connectivity index (χ3n) is 1.24. The van der Waals surface area contributed by atoms with Crippen LogP contribution in [0.15, 0.2) is 12.2 Å². The SMILES string of the molecule is CC/C=C/C[C@@H](C=O)NC=O. The number of hydrogen-bond donors (Lipinski definition) is 1. The van der Waals surface area contributed by atoms with E-state index >= 15 is 0 Å². The zero-order valence-corrected chi connectivity index (χ0v) is 6.62. The first-order valence-corrected chi connectivity index (χ1v) is 3.65. The fourth-order valence-corrected chi connectivity index (χ4v) is 0.660. The van der Waals surface area contributed by atoms with Crippen molar-refractivity contribution in [3.8, 4) is 0 Å². The van der Waals surface area contributed by atoms with E-state index < -0.39 is 0 Å². The van der Waals surface area contributed by atoms with Gasteiger partial charge in [-0.1, -0.05) is 19.1 Å². The molecule has 0 heterocycles. The van der Waals surface area contributed by atoms with E-state index in [1.54, 1.807) is 0 Å². The Balaban J connectivity index is 3.59. The Morgan fingerprint density at radius 2 is 2.09 bits per heavy atom. The average molecular weight is 155 g/mol. The van der Waals surface area contributed by atoms with Crippen molar-refractivity contribution in [1.82, 2.24) is 5.32 Å². The lowest BCUT2D eigenvalue weighted by Gasteiger charge is -2.03. The van der Waals surface area contributed by atoms with Crippen LogP contribution in [0.5, 0.6) is 0 Å². The molecule has 0 bridgehead atoms. The minimum Gasteiger partial charge on any atom is -0.349 e. The molecule has 1 amide bonds. The van der Waals surface area contributed by atoms with Gasteiger partial charge in [-0.05, 0) is 12.8 Å². The van der Waals surface area contributed by atoms with Gasteiger partial charge in [-0.3, -0.25) is 4.79 Å². The van der Waals surface area contributed by atoms with E-state index in [-0.39, 0.29) is 6.04 Å². The highest BCUT2D eigenvalue weighted by Crippen LogP contribution is 1.90. The first kappa shape index (κ1) is 9.88. The van der Waals surface area contributed by atoms with Crippen LogP contribution >= 0.6 is 0 Å². The van der Waals surface area contributed by atoms with E-state index in [4.69, 9.17) is 0 Å². The molecule has 0 aromatic heterocycles. The molecular weight excluding hydrogens is 142 g/mol. The van der Waals surface area contributed by atoms with Crippen molar-refractivity contribution in [2.45, 2.75) is 25.8 Å². The van der Waals surface area contributed by atoms with Gasteiger partial charge in [-0.25, -0.2) is 0 Å². The Hall–Kier alpha value is -1.12. The lowest BCUT2D eigenvalue weighted by Crippen LogP contribution is -2.28. The normalized spacial score (nSPS) is 12.8. The van der Waals surface area contributed by atoms with Gasteiger partial charge in [0.1, 0.15) is 6.29 Å². The Morgan fingerprint density at radius 3 is 2.55 bits per heavy atom. The van der Waals surface area contributed by atoms with Crippen molar-refractivity contribution in [3.05, 3.63) is 12.2 Å². The zero-order chi connectivity index (χ0) is 8.53. The van der Waals surface area contributed by atoms with E-state index in [0.29, 0.717) is 12.8 Å². The van der Waals surface area contributed by atoms with Gasteiger partial charge in [0.05, 0.1) is 6.04 Å². The van der Waals surface area contributed by atoms with Gasteiger partial charge in [0.25, 0.3) is 0 Å². The molecule has 0 radical (unpaired) electrons. The molecule has 0 aromatic rings. The van der Waals surface area contributed by atoms with Crippen LogP contribution in [0.3, 0.4) is 0 Å². The quantitative estimate of drug-likeness (QED) is 0.452. The number of aldehydes is 1. The molecule has 11 heavy (non-hydrogen) atoms. The number of carbonyl (C=O) groups is 2. The molecule has 3 nitrogen and oxygen atoms in total. The van der Waals surface area contributed by atoms with E-state index in [9.17, 15) is 9.59 Å². The highest BCUT2D eigenvalue weighted by molar-refractivity contribution is 5.63. The summed E-state index contributed by atoms with van der Waals surface area (Å²) < 4.78 is 0. The molecule has 0 aromatic carbocycles. The number of amides is 1. The van der Waals surface area contributed by atoms with Crippen LogP contribution < -0.4 is 5.32 Å². The van der Waals surface area contributed by atoms with Crippen LogP contribution in [-0.2, 0) is 9.59 Å². The van der Waals surface area contributed by atoms with Gasteiger partial charge in [-0.15, -0.1) is 0 Å². The molecule has 0 fully saturated rings. The Morgan fingerprint density at radius 1 is 1.36 bits per heavy atom. The average Bonchev–Trinajstić information content (AvgIpc) is 2.03. The second kappa shape index (κ2) is 6.99. The molecule has 0 unspecified atom stereocenters. The molecule has 0 aliphatic rings. The number of nitrogens with one attached hydrogen (secondary N) is 1. The second-order valence-electron chi connectivity index (χ2n) is 2.14. The van der Waals surface area contributed by atoms with Gasteiger partial charge in [0, 0.05) is 0 Å². The summed E-state index contributed by atoms with van der Waals surface area (Å²) in [6, 6.07) is -0.365. The van der Waals surface area contributed by atoms with E-state index in [1.165, 1.54) is 0 Å². The fourth-order valence-electron chi connectivity index (χ4n) is 0.660. The number of hydrogen-bond acceptors (Lipinski definition) is 2. The monoisotopic (exact) mass is 155 g/mol. The van der Waals surface area contributed by atoms with Gasteiger partial charge < -0.3 is 10.1 Å². The first-order valence-electron chi connectivity index (χ1n) is 3.65. The molecular formula is C8H13NO2. The third kappa shape index (κ3) is 5.33. The summed E-state index contributed by atoms with van der Waals surface area (Å²) in [6.07, 6.45) is 6.65. The molecule has 0 saturated carbocycles. The largest absolute Gasteiger partial charge is 0.349 e. The number of allylic oxidation sites excluding steroid dienone is 1. The molecule has 0 aliphatic heterocycles.